The maximum atomic E-state index is 13.1. The first kappa shape index (κ1) is 18.4. The Morgan fingerprint density at radius 3 is 2.78 bits per heavy atom. The van der Waals surface area contributed by atoms with Crippen molar-refractivity contribution < 1.29 is 9.59 Å². The maximum absolute atomic E-state index is 13.1. The van der Waals surface area contributed by atoms with E-state index in [1.807, 2.05) is 16.7 Å². The summed E-state index contributed by atoms with van der Waals surface area (Å²) in [4.78, 5) is 29.9. The van der Waals surface area contributed by atoms with Crippen molar-refractivity contribution in [1.82, 2.24) is 9.80 Å². The number of amides is 2. The summed E-state index contributed by atoms with van der Waals surface area (Å²) in [5.74, 6) is 0.484. The Kier molecular flexibility index (Phi) is 4.89. The molecule has 2 saturated heterocycles. The number of halogens is 1. The molecule has 2 bridgehead atoms. The third-order valence-corrected chi connectivity index (χ3v) is 6.45. The summed E-state index contributed by atoms with van der Waals surface area (Å²) in [6, 6.07) is 3.53. The number of fused-ring (bicyclic) bond motifs is 2. The molecule has 6 heteroatoms. The number of aryl methyl sites for hydroxylation is 1. The first-order valence-electron chi connectivity index (χ1n) is 9.76. The first-order chi connectivity index (χ1) is 12.9. The number of carbonyl (C=O) groups is 2. The number of rotatable bonds is 2. The number of nitrogens with two attached hydrogens (primary N) is 1. The van der Waals surface area contributed by atoms with Crippen LogP contribution in [0.15, 0.2) is 24.3 Å². The number of piperidine rings is 1. The lowest BCUT2D eigenvalue weighted by atomic mass is 9.94. The molecular formula is C21H26ClN3O2. The predicted molar refractivity (Wildman–Crippen MR) is 107 cm³/mol. The highest BCUT2D eigenvalue weighted by molar-refractivity contribution is 6.34. The Balaban J connectivity index is 1.50. The van der Waals surface area contributed by atoms with Crippen LogP contribution in [0.5, 0.6) is 0 Å². The van der Waals surface area contributed by atoms with Crippen LogP contribution in [0, 0.1) is 18.8 Å². The van der Waals surface area contributed by atoms with E-state index < -0.39 is 0 Å². The van der Waals surface area contributed by atoms with E-state index in [9.17, 15) is 9.59 Å². The fourth-order valence-corrected chi connectivity index (χ4v) is 4.95. The van der Waals surface area contributed by atoms with Gasteiger partial charge in [-0.2, -0.15) is 0 Å². The fourth-order valence-electron chi connectivity index (χ4n) is 4.65. The molecule has 1 aromatic carbocycles. The lowest BCUT2D eigenvalue weighted by Gasteiger charge is -2.34. The predicted octanol–water partition coefficient (Wildman–Crippen LogP) is 3.26. The summed E-state index contributed by atoms with van der Waals surface area (Å²) in [6.45, 7) is 3.87. The molecular weight excluding hydrogens is 362 g/mol. The van der Waals surface area contributed by atoms with E-state index in [1.54, 1.807) is 12.1 Å². The summed E-state index contributed by atoms with van der Waals surface area (Å²) in [5.41, 5.74) is 7.87. The van der Waals surface area contributed by atoms with Crippen molar-refractivity contribution in [2.24, 2.45) is 11.8 Å². The highest BCUT2D eigenvalue weighted by atomic mass is 35.5. The number of benzene rings is 1. The van der Waals surface area contributed by atoms with Crippen LogP contribution in [-0.4, -0.2) is 47.3 Å². The molecule has 3 unspecified atom stereocenters. The minimum Gasteiger partial charge on any atom is -0.398 e. The zero-order valence-electron chi connectivity index (χ0n) is 15.7. The quantitative estimate of drug-likeness (QED) is 0.625. The molecule has 0 spiro atoms. The number of likely N-dealkylation sites (tertiary alicyclic amines) is 2. The Bertz CT molecular complexity index is 807. The fraction of sp³-hybridized carbons (Fsp3) is 0.524. The lowest BCUT2D eigenvalue weighted by molar-refractivity contribution is -0.135. The van der Waals surface area contributed by atoms with Gasteiger partial charge in [-0.3, -0.25) is 9.59 Å². The number of allylic oxidation sites excluding steroid dienone is 1. The number of anilines is 1. The van der Waals surface area contributed by atoms with Crippen molar-refractivity contribution in [2.45, 2.75) is 38.6 Å². The van der Waals surface area contributed by atoms with Crippen LogP contribution in [0.2, 0.25) is 5.02 Å². The standard InChI is InChI=1S/C21H26ClN3O2/c1-13-7-18(22)17(9-19(13)23)21(27)24-10-14-8-16(12-24)25(11-14)20(26)15-5-3-2-4-6-15/h3,5,7,9,14-16H,2,4,6,8,10-12,23H2,1H3. The largest absolute Gasteiger partial charge is 0.398 e. The lowest BCUT2D eigenvalue weighted by Crippen LogP contribution is -2.47. The third kappa shape index (κ3) is 3.45. The van der Waals surface area contributed by atoms with Crippen molar-refractivity contribution in [3.05, 3.63) is 40.4 Å². The van der Waals surface area contributed by atoms with Crippen molar-refractivity contribution in [1.29, 1.82) is 0 Å². The number of nitrogens with zero attached hydrogens (tertiary/aromatic N) is 2. The third-order valence-electron chi connectivity index (χ3n) is 6.14. The summed E-state index contributed by atoms with van der Waals surface area (Å²) >= 11 is 6.31. The Morgan fingerprint density at radius 1 is 1.22 bits per heavy atom. The summed E-state index contributed by atoms with van der Waals surface area (Å²) in [6.07, 6.45) is 8.24. The highest BCUT2D eigenvalue weighted by Gasteiger charge is 2.43. The van der Waals surface area contributed by atoms with Gasteiger partial charge in [0.25, 0.3) is 5.91 Å². The molecule has 0 aromatic heterocycles. The van der Waals surface area contributed by atoms with Gasteiger partial charge in [0.05, 0.1) is 16.5 Å². The van der Waals surface area contributed by atoms with E-state index >= 15 is 0 Å². The normalized spacial score (nSPS) is 27.1. The zero-order chi connectivity index (χ0) is 19.1. The molecule has 1 aromatic rings. The van der Waals surface area contributed by atoms with Gasteiger partial charge in [-0.15, -0.1) is 0 Å². The van der Waals surface area contributed by atoms with Crippen LogP contribution in [0.25, 0.3) is 0 Å². The molecule has 3 atom stereocenters. The Hall–Kier alpha value is -2.01. The summed E-state index contributed by atoms with van der Waals surface area (Å²) in [5, 5.41) is 0.435. The van der Waals surface area contributed by atoms with Gasteiger partial charge in [-0.25, -0.2) is 0 Å². The minimum absolute atomic E-state index is 0.00796. The van der Waals surface area contributed by atoms with Gasteiger partial charge >= 0.3 is 0 Å². The van der Waals surface area contributed by atoms with Crippen molar-refractivity contribution in [3.8, 4) is 0 Å². The number of nitrogen functional groups attached to an aromatic ring is 1. The molecule has 144 valence electrons. The summed E-state index contributed by atoms with van der Waals surface area (Å²) < 4.78 is 0. The van der Waals surface area contributed by atoms with Crippen LogP contribution < -0.4 is 5.73 Å². The number of carbonyl (C=O) groups excluding carboxylic acids is 2. The van der Waals surface area contributed by atoms with Gasteiger partial charge in [0, 0.05) is 31.4 Å². The van der Waals surface area contributed by atoms with Gasteiger partial charge in [-0.05, 0) is 56.2 Å². The molecule has 2 N–H and O–H groups in total. The molecule has 3 aliphatic rings. The van der Waals surface area contributed by atoms with E-state index in [0.29, 0.717) is 35.3 Å². The van der Waals surface area contributed by atoms with E-state index in [-0.39, 0.29) is 23.8 Å². The van der Waals surface area contributed by atoms with Crippen LogP contribution in [-0.2, 0) is 4.79 Å². The van der Waals surface area contributed by atoms with Gasteiger partial charge < -0.3 is 15.5 Å². The molecule has 2 heterocycles. The van der Waals surface area contributed by atoms with E-state index in [4.69, 9.17) is 17.3 Å². The Labute approximate surface area is 165 Å². The van der Waals surface area contributed by atoms with Crippen LogP contribution in [0.1, 0.15) is 41.6 Å². The zero-order valence-corrected chi connectivity index (χ0v) is 16.4. The molecule has 4 rings (SSSR count). The second-order valence-corrected chi connectivity index (χ2v) is 8.52. The number of hydrogen-bond donors (Lipinski definition) is 1. The number of hydrogen-bond acceptors (Lipinski definition) is 3. The highest BCUT2D eigenvalue weighted by Crippen LogP contribution is 2.34. The molecule has 0 radical (unpaired) electrons. The molecule has 2 fully saturated rings. The molecule has 2 amide bonds. The second-order valence-electron chi connectivity index (χ2n) is 8.11. The Morgan fingerprint density at radius 2 is 2.04 bits per heavy atom. The van der Waals surface area contributed by atoms with E-state index in [1.165, 1.54) is 0 Å². The van der Waals surface area contributed by atoms with Crippen molar-refractivity contribution in [3.63, 3.8) is 0 Å². The monoisotopic (exact) mass is 387 g/mol. The van der Waals surface area contributed by atoms with Gasteiger partial charge in [0.15, 0.2) is 0 Å². The van der Waals surface area contributed by atoms with Gasteiger partial charge in [-0.1, -0.05) is 23.8 Å². The molecule has 5 nitrogen and oxygen atoms in total. The smallest absolute Gasteiger partial charge is 0.255 e. The molecule has 2 aliphatic heterocycles. The SMILES string of the molecule is Cc1cc(Cl)c(C(=O)N2CC3CC(C2)N(C(=O)C2C=CCCC2)C3)cc1N. The topological polar surface area (TPSA) is 66.6 Å². The minimum atomic E-state index is -0.0896. The van der Waals surface area contributed by atoms with Crippen LogP contribution in [0.4, 0.5) is 5.69 Å². The van der Waals surface area contributed by atoms with E-state index in [0.717, 1.165) is 37.8 Å². The van der Waals surface area contributed by atoms with Gasteiger partial charge in [0.1, 0.15) is 0 Å². The maximum Gasteiger partial charge on any atom is 0.255 e. The van der Waals surface area contributed by atoms with Crippen molar-refractivity contribution in [2.75, 3.05) is 25.4 Å². The van der Waals surface area contributed by atoms with Gasteiger partial charge in [0.2, 0.25) is 5.91 Å². The van der Waals surface area contributed by atoms with E-state index in [2.05, 4.69) is 12.2 Å². The average molecular weight is 388 g/mol. The average Bonchev–Trinajstić information content (AvgIpc) is 2.97. The van der Waals surface area contributed by atoms with Crippen LogP contribution in [0.3, 0.4) is 0 Å². The summed E-state index contributed by atoms with van der Waals surface area (Å²) in [7, 11) is 0. The first-order valence-corrected chi connectivity index (χ1v) is 10.1. The second kappa shape index (κ2) is 7.19. The molecule has 0 saturated carbocycles. The van der Waals surface area contributed by atoms with Crippen molar-refractivity contribution >= 4 is 29.1 Å². The van der Waals surface area contributed by atoms with Crippen LogP contribution >= 0.6 is 11.6 Å². The molecule has 1 aliphatic carbocycles. The molecule has 27 heavy (non-hydrogen) atoms.